The summed E-state index contributed by atoms with van der Waals surface area (Å²) in [5.41, 5.74) is 0.735. The third kappa shape index (κ3) is 8.66. The van der Waals surface area contributed by atoms with Gasteiger partial charge in [0, 0.05) is 6.42 Å². The smallest absolute Gasteiger partial charge is 0.307 e. The molecule has 0 saturated carbocycles. The van der Waals surface area contributed by atoms with Crippen LogP contribution < -0.4 is 0 Å². The molecule has 0 aromatic rings. The van der Waals surface area contributed by atoms with E-state index in [0.29, 0.717) is 6.42 Å². The summed E-state index contributed by atoms with van der Waals surface area (Å²) < 4.78 is 5.66. The molecule has 0 aliphatic rings. The van der Waals surface area contributed by atoms with Crippen LogP contribution in [0.25, 0.3) is 0 Å². The summed E-state index contributed by atoms with van der Waals surface area (Å²) in [4.78, 5) is 10.7. The van der Waals surface area contributed by atoms with Crippen molar-refractivity contribution in [1.82, 2.24) is 0 Å². The molecular weight excluding hydrogens is 240 g/mol. The van der Waals surface area contributed by atoms with E-state index in [-0.39, 0.29) is 6.42 Å². The third-order valence-electron chi connectivity index (χ3n) is 2.29. The van der Waals surface area contributed by atoms with E-state index >= 15 is 0 Å². The molecule has 0 amide bonds. The fraction of sp³-hybridized carbons (Fsp3) is 0.312. The van der Waals surface area contributed by atoms with Gasteiger partial charge in [-0.25, -0.2) is 0 Å². The molecule has 3 nitrogen and oxygen atoms in total. The lowest BCUT2D eigenvalue weighted by molar-refractivity contribution is -0.136. The minimum Gasteiger partial charge on any atom is -0.481 e. The summed E-state index contributed by atoms with van der Waals surface area (Å²) in [6, 6.07) is 0. The van der Waals surface area contributed by atoms with Crippen molar-refractivity contribution in [2.45, 2.75) is 33.6 Å². The molecule has 0 aliphatic heterocycles. The molecule has 0 atom stereocenters. The fourth-order valence-corrected chi connectivity index (χ4v) is 1.33. The van der Waals surface area contributed by atoms with Crippen molar-refractivity contribution in [3.63, 3.8) is 0 Å². The maximum Gasteiger partial charge on any atom is 0.307 e. The standard InChI is InChI=1S/C16H22O3/c1-5-8-9-10-13(4)19-15(7-3)11-14(6-2)12-16(17)18/h5-6,8-11H,1,7,12H2,2-4H3,(H,17,18)/b9-8-,13-10+,14-6+,15-11+. The Morgan fingerprint density at radius 1 is 1.37 bits per heavy atom. The van der Waals surface area contributed by atoms with Gasteiger partial charge < -0.3 is 9.84 Å². The third-order valence-corrected chi connectivity index (χ3v) is 2.29. The number of carboxylic acid groups (broad SMARTS) is 1. The zero-order valence-electron chi connectivity index (χ0n) is 11.8. The number of carboxylic acids is 1. The van der Waals surface area contributed by atoms with Crippen LogP contribution in [-0.4, -0.2) is 11.1 Å². The predicted molar refractivity (Wildman–Crippen MR) is 78.6 cm³/mol. The largest absolute Gasteiger partial charge is 0.481 e. The molecular formula is C16H22O3. The molecule has 0 saturated heterocycles. The van der Waals surface area contributed by atoms with Crippen molar-refractivity contribution in [3.8, 4) is 0 Å². The summed E-state index contributed by atoms with van der Waals surface area (Å²) in [5.74, 6) is 0.646. The molecule has 0 bridgehead atoms. The highest BCUT2D eigenvalue weighted by atomic mass is 16.5. The Morgan fingerprint density at radius 2 is 2.05 bits per heavy atom. The van der Waals surface area contributed by atoms with Crippen LogP contribution in [0.2, 0.25) is 0 Å². The van der Waals surface area contributed by atoms with Gasteiger partial charge in [0.05, 0.1) is 6.42 Å². The number of carbonyl (C=O) groups is 1. The fourth-order valence-electron chi connectivity index (χ4n) is 1.33. The highest BCUT2D eigenvalue weighted by molar-refractivity contribution is 5.70. The molecule has 0 radical (unpaired) electrons. The zero-order valence-corrected chi connectivity index (χ0v) is 11.8. The highest BCUT2D eigenvalue weighted by Gasteiger charge is 2.03. The first-order chi connectivity index (χ1) is 9.03. The number of hydrogen-bond acceptors (Lipinski definition) is 2. The molecule has 0 unspecified atom stereocenters. The van der Waals surface area contributed by atoms with Gasteiger partial charge in [0.2, 0.25) is 0 Å². The Morgan fingerprint density at radius 3 is 2.53 bits per heavy atom. The van der Waals surface area contributed by atoms with E-state index < -0.39 is 5.97 Å². The molecule has 0 aromatic carbocycles. The number of ether oxygens (including phenoxy) is 1. The molecule has 0 spiro atoms. The Hall–Kier alpha value is -2.03. The predicted octanol–water partition coefficient (Wildman–Crippen LogP) is 4.36. The Labute approximate surface area is 115 Å². The van der Waals surface area contributed by atoms with E-state index in [1.807, 2.05) is 39.0 Å². The van der Waals surface area contributed by atoms with Crippen molar-refractivity contribution in [2.75, 3.05) is 0 Å². The van der Waals surface area contributed by atoms with Gasteiger partial charge in [0.25, 0.3) is 0 Å². The highest BCUT2D eigenvalue weighted by Crippen LogP contribution is 2.15. The maximum absolute atomic E-state index is 10.7. The number of rotatable bonds is 8. The van der Waals surface area contributed by atoms with E-state index in [4.69, 9.17) is 9.84 Å². The van der Waals surface area contributed by atoms with E-state index in [1.165, 1.54) is 0 Å². The average molecular weight is 262 g/mol. The number of hydrogen-bond donors (Lipinski definition) is 1. The van der Waals surface area contributed by atoms with E-state index in [9.17, 15) is 4.79 Å². The lowest BCUT2D eigenvalue weighted by atomic mass is 10.1. The van der Waals surface area contributed by atoms with Crippen LogP contribution in [0, 0.1) is 0 Å². The second-order valence-corrected chi connectivity index (χ2v) is 3.90. The SMILES string of the molecule is C=C/C=C\C=C(/C)O/C(=C/C(=C\C)CC(=O)O)CC. The van der Waals surface area contributed by atoms with Crippen LogP contribution in [-0.2, 0) is 9.53 Å². The molecule has 0 aromatic heterocycles. The van der Waals surface area contributed by atoms with Gasteiger partial charge >= 0.3 is 5.97 Å². The molecule has 3 heteroatoms. The molecule has 104 valence electrons. The monoisotopic (exact) mass is 262 g/mol. The Bertz CT molecular complexity index is 423. The normalized spacial score (nSPS) is 13.7. The van der Waals surface area contributed by atoms with Gasteiger partial charge in [0.1, 0.15) is 11.5 Å². The van der Waals surface area contributed by atoms with Crippen LogP contribution in [0.4, 0.5) is 0 Å². The molecule has 0 rings (SSSR count). The van der Waals surface area contributed by atoms with Crippen molar-refractivity contribution < 1.29 is 14.6 Å². The van der Waals surface area contributed by atoms with Crippen molar-refractivity contribution >= 4 is 5.97 Å². The van der Waals surface area contributed by atoms with Crippen LogP contribution >= 0.6 is 0 Å². The first-order valence-corrected chi connectivity index (χ1v) is 6.24. The minimum absolute atomic E-state index is 0.00247. The second-order valence-electron chi connectivity index (χ2n) is 3.90. The number of aliphatic carboxylic acids is 1. The first-order valence-electron chi connectivity index (χ1n) is 6.24. The van der Waals surface area contributed by atoms with Crippen molar-refractivity contribution in [2.24, 2.45) is 0 Å². The summed E-state index contributed by atoms with van der Waals surface area (Å²) in [6.07, 6.45) is 11.4. The van der Waals surface area contributed by atoms with E-state index in [2.05, 4.69) is 6.58 Å². The maximum atomic E-state index is 10.7. The molecule has 0 fully saturated rings. The van der Waals surface area contributed by atoms with Gasteiger partial charge in [-0.2, -0.15) is 0 Å². The van der Waals surface area contributed by atoms with Gasteiger partial charge in [0.15, 0.2) is 0 Å². The van der Waals surface area contributed by atoms with Gasteiger partial charge in [-0.15, -0.1) is 0 Å². The van der Waals surface area contributed by atoms with Gasteiger partial charge in [-0.1, -0.05) is 37.8 Å². The summed E-state index contributed by atoms with van der Waals surface area (Å²) in [5, 5.41) is 8.78. The van der Waals surface area contributed by atoms with Crippen molar-refractivity contribution in [1.29, 1.82) is 0 Å². The molecule has 0 aliphatic carbocycles. The van der Waals surface area contributed by atoms with E-state index in [0.717, 1.165) is 17.1 Å². The average Bonchev–Trinajstić information content (AvgIpc) is 2.36. The molecule has 0 heterocycles. The Kier molecular flexibility index (Phi) is 8.88. The summed E-state index contributed by atoms with van der Waals surface area (Å²) >= 11 is 0. The Balaban J connectivity index is 4.81. The lowest BCUT2D eigenvalue weighted by Crippen LogP contribution is -1.97. The van der Waals surface area contributed by atoms with E-state index in [1.54, 1.807) is 18.2 Å². The number of allylic oxidation sites excluding steroid dienone is 8. The lowest BCUT2D eigenvalue weighted by Gasteiger charge is -2.09. The first kappa shape index (κ1) is 17.0. The molecule has 19 heavy (non-hydrogen) atoms. The summed E-state index contributed by atoms with van der Waals surface area (Å²) in [7, 11) is 0. The minimum atomic E-state index is -0.846. The van der Waals surface area contributed by atoms with Crippen LogP contribution in [0.15, 0.2) is 60.1 Å². The van der Waals surface area contributed by atoms with Crippen LogP contribution in [0.3, 0.4) is 0 Å². The van der Waals surface area contributed by atoms with Gasteiger partial charge in [-0.3, -0.25) is 4.79 Å². The quantitative estimate of drug-likeness (QED) is 0.522. The van der Waals surface area contributed by atoms with Gasteiger partial charge in [-0.05, 0) is 31.6 Å². The topological polar surface area (TPSA) is 46.5 Å². The van der Waals surface area contributed by atoms with Crippen LogP contribution in [0.1, 0.15) is 33.6 Å². The molecule has 1 N–H and O–H groups in total. The summed E-state index contributed by atoms with van der Waals surface area (Å²) in [6.45, 7) is 9.21. The van der Waals surface area contributed by atoms with Crippen LogP contribution in [0.5, 0.6) is 0 Å². The zero-order chi connectivity index (χ0) is 14.7. The second kappa shape index (κ2) is 9.95. The van der Waals surface area contributed by atoms with Crippen molar-refractivity contribution in [3.05, 3.63) is 60.1 Å².